The number of hydrogen-bond acceptors (Lipinski definition) is 3. The third kappa shape index (κ3) is 3.44. The van der Waals surface area contributed by atoms with Crippen LogP contribution in [-0.2, 0) is 6.54 Å². The maximum atomic E-state index is 14.1. The van der Waals surface area contributed by atoms with E-state index in [0.29, 0.717) is 17.0 Å². The fourth-order valence-electron chi connectivity index (χ4n) is 1.99. The third-order valence-corrected chi connectivity index (χ3v) is 4.34. The average molecular weight is 292 g/mol. The van der Waals surface area contributed by atoms with E-state index < -0.39 is 0 Å². The van der Waals surface area contributed by atoms with E-state index in [2.05, 4.69) is 24.1 Å². The second-order valence-corrected chi connectivity index (χ2v) is 6.57. The van der Waals surface area contributed by atoms with Crippen LogP contribution in [0.5, 0.6) is 0 Å². The molecule has 0 saturated heterocycles. The first-order valence-corrected chi connectivity index (χ1v) is 7.73. The standard InChI is InChI=1S/C16H21FN2S/c1-10(2)8-18-9-14-12(4)19-16(20-14)13-7-5-6-11(3)15(13)17/h5-7,10,18H,8-9H2,1-4H3. The van der Waals surface area contributed by atoms with Crippen molar-refractivity contribution in [3.8, 4) is 10.6 Å². The Balaban J connectivity index is 2.20. The van der Waals surface area contributed by atoms with Crippen LogP contribution in [-0.4, -0.2) is 11.5 Å². The number of rotatable bonds is 5. The second kappa shape index (κ2) is 6.46. The van der Waals surface area contributed by atoms with E-state index in [1.165, 1.54) is 4.88 Å². The molecule has 0 aliphatic rings. The third-order valence-electron chi connectivity index (χ3n) is 3.15. The second-order valence-electron chi connectivity index (χ2n) is 5.49. The minimum absolute atomic E-state index is 0.164. The smallest absolute Gasteiger partial charge is 0.136 e. The number of aryl methyl sites for hydroxylation is 2. The Hall–Kier alpha value is -1.26. The Morgan fingerprint density at radius 3 is 2.75 bits per heavy atom. The molecule has 20 heavy (non-hydrogen) atoms. The molecule has 1 N–H and O–H groups in total. The van der Waals surface area contributed by atoms with Gasteiger partial charge in [-0.05, 0) is 37.9 Å². The molecule has 1 heterocycles. The summed E-state index contributed by atoms with van der Waals surface area (Å²) in [6, 6.07) is 5.46. The van der Waals surface area contributed by atoms with Crippen molar-refractivity contribution in [2.45, 2.75) is 34.2 Å². The minimum atomic E-state index is -0.164. The van der Waals surface area contributed by atoms with E-state index in [1.807, 2.05) is 13.0 Å². The van der Waals surface area contributed by atoms with Gasteiger partial charge in [0.25, 0.3) is 0 Å². The Kier molecular flexibility index (Phi) is 4.89. The molecule has 108 valence electrons. The molecule has 4 heteroatoms. The quantitative estimate of drug-likeness (QED) is 0.888. The van der Waals surface area contributed by atoms with E-state index in [9.17, 15) is 4.39 Å². The lowest BCUT2D eigenvalue weighted by Crippen LogP contribution is -2.18. The Morgan fingerprint density at radius 2 is 2.05 bits per heavy atom. The summed E-state index contributed by atoms with van der Waals surface area (Å²) in [6.07, 6.45) is 0. The van der Waals surface area contributed by atoms with Gasteiger partial charge >= 0.3 is 0 Å². The number of halogens is 1. The van der Waals surface area contributed by atoms with Gasteiger partial charge in [0.15, 0.2) is 0 Å². The summed E-state index contributed by atoms with van der Waals surface area (Å²) < 4.78 is 14.1. The maximum Gasteiger partial charge on any atom is 0.136 e. The largest absolute Gasteiger partial charge is 0.312 e. The Morgan fingerprint density at radius 1 is 1.30 bits per heavy atom. The van der Waals surface area contributed by atoms with Crippen LogP contribution in [0.3, 0.4) is 0 Å². The lowest BCUT2D eigenvalue weighted by Gasteiger charge is -2.05. The minimum Gasteiger partial charge on any atom is -0.312 e. The molecule has 2 nitrogen and oxygen atoms in total. The van der Waals surface area contributed by atoms with Crippen LogP contribution in [0.15, 0.2) is 18.2 Å². The molecule has 2 rings (SSSR count). The van der Waals surface area contributed by atoms with Gasteiger partial charge in [-0.3, -0.25) is 0 Å². The van der Waals surface area contributed by atoms with Gasteiger partial charge in [0.2, 0.25) is 0 Å². The zero-order chi connectivity index (χ0) is 14.7. The monoisotopic (exact) mass is 292 g/mol. The number of benzene rings is 1. The highest BCUT2D eigenvalue weighted by Crippen LogP contribution is 2.30. The lowest BCUT2D eigenvalue weighted by molar-refractivity contribution is 0.554. The van der Waals surface area contributed by atoms with Crippen LogP contribution in [0.25, 0.3) is 10.6 Å². The predicted octanol–water partition coefficient (Wildman–Crippen LogP) is 4.31. The summed E-state index contributed by atoms with van der Waals surface area (Å²) >= 11 is 1.57. The van der Waals surface area contributed by atoms with Crippen LogP contribution in [0.2, 0.25) is 0 Å². The molecule has 0 bridgehead atoms. The van der Waals surface area contributed by atoms with Gasteiger partial charge in [-0.2, -0.15) is 0 Å². The van der Waals surface area contributed by atoms with Gasteiger partial charge in [-0.25, -0.2) is 9.37 Å². The predicted molar refractivity (Wildman–Crippen MR) is 83.5 cm³/mol. The molecular formula is C16H21FN2S. The SMILES string of the molecule is Cc1cccc(-c2nc(C)c(CNCC(C)C)s2)c1F. The number of thiazole rings is 1. The molecule has 0 atom stereocenters. The number of aromatic nitrogens is 1. The van der Waals surface area contributed by atoms with Crippen molar-refractivity contribution in [2.24, 2.45) is 5.92 Å². The fourth-order valence-corrected chi connectivity index (χ4v) is 3.05. The van der Waals surface area contributed by atoms with Crippen molar-refractivity contribution < 1.29 is 4.39 Å². The topological polar surface area (TPSA) is 24.9 Å². The van der Waals surface area contributed by atoms with Crippen LogP contribution in [0, 0.1) is 25.6 Å². The van der Waals surface area contributed by atoms with Gasteiger partial charge < -0.3 is 5.32 Å². The van der Waals surface area contributed by atoms with Crippen LogP contribution in [0.4, 0.5) is 4.39 Å². The normalized spacial score (nSPS) is 11.3. The van der Waals surface area contributed by atoms with Crippen LogP contribution < -0.4 is 5.32 Å². The molecule has 0 fully saturated rings. The molecule has 2 aromatic rings. The first-order chi connectivity index (χ1) is 9.49. The first-order valence-electron chi connectivity index (χ1n) is 6.91. The maximum absolute atomic E-state index is 14.1. The molecular weight excluding hydrogens is 271 g/mol. The van der Waals surface area contributed by atoms with Crippen molar-refractivity contribution in [1.82, 2.24) is 10.3 Å². The van der Waals surface area contributed by atoms with Gasteiger partial charge in [0, 0.05) is 17.0 Å². The lowest BCUT2D eigenvalue weighted by atomic mass is 10.1. The summed E-state index contributed by atoms with van der Waals surface area (Å²) in [4.78, 5) is 5.70. The molecule has 0 aliphatic carbocycles. The fraction of sp³-hybridized carbons (Fsp3) is 0.438. The summed E-state index contributed by atoms with van der Waals surface area (Å²) in [5, 5.41) is 4.18. The van der Waals surface area contributed by atoms with Crippen molar-refractivity contribution in [3.63, 3.8) is 0 Å². The van der Waals surface area contributed by atoms with Crippen molar-refractivity contribution in [2.75, 3.05) is 6.54 Å². The zero-order valence-corrected chi connectivity index (χ0v) is 13.3. The first kappa shape index (κ1) is 15.1. The van der Waals surface area contributed by atoms with Crippen LogP contribution >= 0.6 is 11.3 Å². The summed E-state index contributed by atoms with van der Waals surface area (Å²) in [6.45, 7) is 9.91. The van der Waals surface area contributed by atoms with Crippen LogP contribution in [0.1, 0.15) is 30.0 Å². The number of nitrogens with zero attached hydrogens (tertiary/aromatic N) is 1. The van der Waals surface area contributed by atoms with Crippen molar-refractivity contribution >= 4 is 11.3 Å². The van der Waals surface area contributed by atoms with E-state index in [0.717, 1.165) is 23.8 Å². The van der Waals surface area contributed by atoms with Gasteiger partial charge in [-0.15, -0.1) is 11.3 Å². The van der Waals surface area contributed by atoms with Gasteiger partial charge in [0.1, 0.15) is 10.8 Å². The van der Waals surface area contributed by atoms with E-state index in [-0.39, 0.29) is 5.82 Å². The molecule has 0 aliphatic heterocycles. The summed E-state index contributed by atoms with van der Waals surface area (Å²) in [5.41, 5.74) is 2.25. The molecule has 0 radical (unpaired) electrons. The molecule has 0 spiro atoms. The highest BCUT2D eigenvalue weighted by atomic mass is 32.1. The van der Waals surface area contributed by atoms with E-state index >= 15 is 0 Å². The Labute approximate surface area is 124 Å². The van der Waals surface area contributed by atoms with E-state index in [1.54, 1.807) is 30.4 Å². The number of nitrogens with one attached hydrogen (secondary N) is 1. The van der Waals surface area contributed by atoms with Gasteiger partial charge in [0.05, 0.1) is 5.69 Å². The molecule has 0 saturated carbocycles. The summed E-state index contributed by atoms with van der Waals surface area (Å²) in [5.74, 6) is 0.458. The molecule has 0 amide bonds. The van der Waals surface area contributed by atoms with E-state index in [4.69, 9.17) is 0 Å². The number of hydrogen-bond donors (Lipinski definition) is 1. The van der Waals surface area contributed by atoms with Crippen molar-refractivity contribution in [3.05, 3.63) is 40.2 Å². The average Bonchev–Trinajstić information content (AvgIpc) is 2.74. The Bertz CT molecular complexity index is 590. The molecule has 0 unspecified atom stereocenters. The zero-order valence-electron chi connectivity index (χ0n) is 12.5. The molecule has 1 aromatic carbocycles. The highest BCUT2D eigenvalue weighted by molar-refractivity contribution is 7.15. The summed E-state index contributed by atoms with van der Waals surface area (Å²) in [7, 11) is 0. The van der Waals surface area contributed by atoms with Gasteiger partial charge in [-0.1, -0.05) is 26.0 Å². The molecule has 1 aromatic heterocycles. The van der Waals surface area contributed by atoms with Crippen molar-refractivity contribution in [1.29, 1.82) is 0 Å². The highest BCUT2D eigenvalue weighted by Gasteiger charge is 2.13.